The van der Waals surface area contributed by atoms with Crippen LogP contribution in [0.4, 0.5) is 0 Å². The van der Waals surface area contributed by atoms with Crippen LogP contribution >= 0.6 is 0 Å². The lowest BCUT2D eigenvalue weighted by Crippen LogP contribution is -2.56. The number of fused-ring (bicyclic) bond motifs is 5. The van der Waals surface area contributed by atoms with E-state index < -0.39 is 5.60 Å². The number of carbonyl (C=O) groups excluding carboxylic acids is 1. The van der Waals surface area contributed by atoms with Gasteiger partial charge in [0, 0.05) is 5.92 Å². The fraction of sp³-hybridized carbons (Fsp3) is 0.960. The van der Waals surface area contributed by atoms with Crippen molar-refractivity contribution >= 4 is 5.78 Å². The molecule has 0 spiro atoms. The van der Waals surface area contributed by atoms with E-state index in [1.165, 1.54) is 38.5 Å². The third kappa shape index (κ3) is 3.02. The second-order valence-corrected chi connectivity index (χ2v) is 12.1. The molecule has 160 valence electrons. The average Bonchev–Trinajstić information content (AvgIpc) is 2.98. The van der Waals surface area contributed by atoms with Crippen molar-refractivity contribution in [3.05, 3.63) is 0 Å². The van der Waals surface area contributed by atoms with Crippen LogP contribution in [0.5, 0.6) is 0 Å². The second-order valence-electron chi connectivity index (χ2n) is 12.1. The minimum absolute atomic E-state index is 0.0344. The molecule has 9 atom stereocenters. The van der Waals surface area contributed by atoms with E-state index in [9.17, 15) is 9.90 Å². The Kier molecular flexibility index (Phi) is 5.07. The minimum Gasteiger partial charge on any atom is -0.390 e. The van der Waals surface area contributed by atoms with Crippen LogP contribution in [0.2, 0.25) is 0 Å². The van der Waals surface area contributed by atoms with Gasteiger partial charge < -0.3 is 5.11 Å². The van der Waals surface area contributed by atoms with Crippen LogP contribution in [-0.4, -0.2) is 41.5 Å². The standard InChI is InChI=1S/C25H43NO2/c1-16(26(5)6)22(27)21-10-9-19-18-8-7-17-15-23(2,28)13-14-24(17,3)20(18)11-12-25(19,21)4/h16-21,28H,7-15H2,1-6H3/t16?,17-,18-,19-,20-,21+,23+,24-,25-/m0/s1. The van der Waals surface area contributed by atoms with Gasteiger partial charge in [0.05, 0.1) is 11.6 Å². The molecule has 0 bridgehead atoms. The SMILES string of the molecule is CC(C(=O)[C@H]1CC[C@H]2[C@@H]3CC[C@H]4C[C@](C)(O)CC[C@]4(C)[C@H]3CC[C@]12C)N(C)C. The highest BCUT2D eigenvalue weighted by atomic mass is 16.3. The number of Topliss-reactive ketones (excluding diaryl/α,β-unsaturated/α-hetero) is 1. The highest BCUT2D eigenvalue weighted by Gasteiger charge is 2.62. The molecule has 3 heteroatoms. The van der Waals surface area contributed by atoms with Crippen molar-refractivity contribution < 1.29 is 9.90 Å². The van der Waals surface area contributed by atoms with Gasteiger partial charge in [-0.05, 0) is 120 Å². The lowest BCUT2D eigenvalue weighted by Gasteiger charge is -2.61. The van der Waals surface area contributed by atoms with Crippen LogP contribution in [0.15, 0.2) is 0 Å². The first-order chi connectivity index (χ1) is 13.0. The van der Waals surface area contributed by atoms with Crippen LogP contribution in [0.1, 0.15) is 85.5 Å². The van der Waals surface area contributed by atoms with E-state index in [1.54, 1.807) is 0 Å². The molecule has 0 aromatic heterocycles. The van der Waals surface area contributed by atoms with E-state index in [0.717, 1.165) is 37.0 Å². The molecule has 0 heterocycles. The molecule has 1 N–H and O–H groups in total. The Hall–Kier alpha value is -0.410. The maximum Gasteiger partial charge on any atom is 0.153 e. The Bertz CT molecular complexity index is 628. The first kappa shape index (κ1) is 20.8. The van der Waals surface area contributed by atoms with E-state index in [-0.39, 0.29) is 17.4 Å². The summed E-state index contributed by atoms with van der Waals surface area (Å²) in [7, 11) is 4.07. The molecule has 4 saturated carbocycles. The summed E-state index contributed by atoms with van der Waals surface area (Å²) in [6, 6.07) is 0.0344. The summed E-state index contributed by atoms with van der Waals surface area (Å²) in [5.41, 5.74) is 0.171. The quantitative estimate of drug-likeness (QED) is 0.745. The lowest BCUT2D eigenvalue weighted by atomic mass is 9.44. The van der Waals surface area contributed by atoms with Gasteiger partial charge in [-0.3, -0.25) is 9.69 Å². The first-order valence-electron chi connectivity index (χ1n) is 11.9. The predicted octanol–water partition coefficient (Wildman–Crippen LogP) is 4.92. The summed E-state index contributed by atoms with van der Waals surface area (Å²) >= 11 is 0. The molecule has 0 saturated heterocycles. The molecule has 28 heavy (non-hydrogen) atoms. The normalized spacial score (nSPS) is 51.9. The number of likely N-dealkylation sites (N-methyl/N-ethyl adjacent to an activating group) is 1. The largest absolute Gasteiger partial charge is 0.390 e. The molecule has 0 aromatic carbocycles. The number of hydrogen-bond donors (Lipinski definition) is 1. The monoisotopic (exact) mass is 389 g/mol. The van der Waals surface area contributed by atoms with E-state index in [1.807, 2.05) is 14.1 Å². The van der Waals surface area contributed by atoms with Gasteiger partial charge in [-0.15, -0.1) is 0 Å². The van der Waals surface area contributed by atoms with Gasteiger partial charge in [-0.2, -0.15) is 0 Å². The molecular formula is C25H43NO2. The molecule has 1 unspecified atom stereocenters. The van der Waals surface area contributed by atoms with Gasteiger partial charge in [-0.1, -0.05) is 13.8 Å². The second kappa shape index (κ2) is 6.80. The number of hydrogen-bond acceptors (Lipinski definition) is 3. The fourth-order valence-corrected chi connectivity index (χ4v) is 8.44. The van der Waals surface area contributed by atoms with Gasteiger partial charge in [-0.25, -0.2) is 0 Å². The number of nitrogens with zero attached hydrogens (tertiary/aromatic N) is 1. The molecule has 4 aliphatic rings. The zero-order chi connectivity index (χ0) is 20.5. The number of aliphatic hydroxyl groups is 1. The molecule has 0 amide bonds. The predicted molar refractivity (Wildman–Crippen MR) is 114 cm³/mol. The third-order valence-electron chi connectivity index (χ3n) is 10.5. The first-order valence-corrected chi connectivity index (χ1v) is 11.9. The van der Waals surface area contributed by atoms with Crippen LogP contribution in [0.25, 0.3) is 0 Å². The summed E-state index contributed by atoms with van der Waals surface area (Å²) in [6.45, 7) is 9.16. The lowest BCUT2D eigenvalue weighted by molar-refractivity contribution is -0.152. The molecule has 3 nitrogen and oxygen atoms in total. The average molecular weight is 390 g/mol. The van der Waals surface area contributed by atoms with Crippen molar-refractivity contribution in [1.29, 1.82) is 0 Å². The van der Waals surface area contributed by atoms with Crippen molar-refractivity contribution in [3.63, 3.8) is 0 Å². The fourth-order valence-electron chi connectivity index (χ4n) is 8.44. The van der Waals surface area contributed by atoms with Crippen molar-refractivity contribution in [2.24, 2.45) is 40.4 Å². The summed E-state index contributed by atoms with van der Waals surface area (Å²) in [5.74, 6) is 3.77. The Morgan fingerprint density at radius 3 is 2.29 bits per heavy atom. The zero-order valence-corrected chi connectivity index (χ0v) is 19.1. The van der Waals surface area contributed by atoms with Gasteiger partial charge in [0.2, 0.25) is 0 Å². The Balaban J connectivity index is 1.56. The van der Waals surface area contributed by atoms with E-state index in [2.05, 4.69) is 32.6 Å². The van der Waals surface area contributed by atoms with E-state index >= 15 is 0 Å². The molecule has 4 fully saturated rings. The summed E-state index contributed by atoms with van der Waals surface area (Å²) in [6.07, 6.45) is 10.7. The summed E-state index contributed by atoms with van der Waals surface area (Å²) < 4.78 is 0. The summed E-state index contributed by atoms with van der Waals surface area (Å²) in [5, 5.41) is 10.7. The summed E-state index contributed by atoms with van der Waals surface area (Å²) in [4.78, 5) is 15.4. The Morgan fingerprint density at radius 1 is 0.929 bits per heavy atom. The topological polar surface area (TPSA) is 40.5 Å². The van der Waals surface area contributed by atoms with Gasteiger partial charge in [0.1, 0.15) is 0 Å². The molecule has 0 radical (unpaired) electrons. The maximum absolute atomic E-state index is 13.3. The van der Waals surface area contributed by atoms with Crippen molar-refractivity contribution in [3.8, 4) is 0 Å². The third-order valence-corrected chi connectivity index (χ3v) is 10.5. The van der Waals surface area contributed by atoms with Gasteiger partial charge in [0.15, 0.2) is 5.78 Å². The molecular weight excluding hydrogens is 346 g/mol. The van der Waals surface area contributed by atoms with Gasteiger partial charge in [0.25, 0.3) is 0 Å². The van der Waals surface area contributed by atoms with Crippen molar-refractivity contribution in [1.82, 2.24) is 4.90 Å². The van der Waals surface area contributed by atoms with Crippen molar-refractivity contribution in [2.45, 2.75) is 97.1 Å². The van der Waals surface area contributed by atoms with Crippen LogP contribution in [0.3, 0.4) is 0 Å². The highest BCUT2D eigenvalue weighted by Crippen LogP contribution is 2.68. The Morgan fingerprint density at radius 2 is 1.61 bits per heavy atom. The highest BCUT2D eigenvalue weighted by molar-refractivity contribution is 5.87. The number of carbonyl (C=O) groups is 1. The van der Waals surface area contributed by atoms with E-state index in [4.69, 9.17) is 0 Å². The Labute approximate surface area is 172 Å². The molecule has 4 rings (SSSR count). The molecule has 0 aromatic rings. The number of ketones is 1. The maximum atomic E-state index is 13.3. The van der Waals surface area contributed by atoms with Crippen LogP contribution < -0.4 is 0 Å². The van der Waals surface area contributed by atoms with Crippen LogP contribution in [-0.2, 0) is 4.79 Å². The molecule has 0 aliphatic heterocycles. The smallest absolute Gasteiger partial charge is 0.153 e. The van der Waals surface area contributed by atoms with Crippen molar-refractivity contribution in [2.75, 3.05) is 14.1 Å². The van der Waals surface area contributed by atoms with E-state index in [0.29, 0.717) is 17.1 Å². The zero-order valence-electron chi connectivity index (χ0n) is 19.1. The van der Waals surface area contributed by atoms with Gasteiger partial charge >= 0.3 is 0 Å². The molecule has 4 aliphatic carbocycles. The number of rotatable bonds is 3. The minimum atomic E-state index is -0.451. The van der Waals surface area contributed by atoms with Crippen LogP contribution in [0, 0.1) is 40.4 Å².